The summed E-state index contributed by atoms with van der Waals surface area (Å²) in [5, 5.41) is 0. The van der Waals surface area contributed by atoms with E-state index in [1.54, 1.807) is 0 Å². The number of phosphoric acid groups is 1. The van der Waals surface area contributed by atoms with Gasteiger partial charge in [0.1, 0.15) is 6.61 Å². The highest BCUT2D eigenvalue weighted by atomic mass is 31.2. The standard InChI is InChI=1S/C63H112NO8P/c1-3-5-7-9-11-13-15-17-18-19-20-21-22-23-24-25-26-27-28-29-30-31-32-33-34-35-36-37-38-39-40-41-42-44-46-48-50-52-54-56-63(66)72-61(60-71-73(67,68)70-58-57-64)59-69-62(65)55-53-51-49-47-45-43-16-14-12-10-8-6-4-2/h5,7,11,13-14,16-18,20-21,23-24,26-27,61H,3-4,6,8-10,12,15,19,22,25,28-60,64H2,1-2H3,(H,67,68)/b7-5-,13-11-,16-14-,18-17-,21-20-,24-23-,27-26-. The van der Waals surface area contributed by atoms with Gasteiger partial charge in [0.05, 0.1) is 13.2 Å². The molecule has 2 unspecified atom stereocenters. The number of carbonyl (C=O) groups is 2. The van der Waals surface area contributed by atoms with Gasteiger partial charge < -0.3 is 20.1 Å². The number of allylic oxidation sites excluding steroid dienone is 14. The molecule has 422 valence electrons. The Morgan fingerprint density at radius 2 is 0.753 bits per heavy atom. The van der Waals surface area contributed by atoms with Crippen molar-refractivity contribution in [1.82, 2.24) is 0 Å². The van der Waals surface area contributed by atoms with Crippen LogP contribution in [0, 0.1) is 0 Å². The highest BCUT2D eigenvalue weighted by Crippen LogP contribution is 2.43. The zero-order valence-corrected chi connectivity index (χ0v) is 48.0. The van der Waals surface area contributed by atoms with E-state index in [1.807, 2.05) is 0 Å². The molecular formula is C63H112NO8P. The summed E-state index contributed by atoms with van der Waals surface area (Å²) in [5.74, 6) is -0.832. The van der Waals surface area contributed by atoms with E-state index in [-0.39, 0.29) is 38.6 Å². The van der Waals surface area contributed by atoms with E-state index in [4.69, 9.17) is 24.3 Å². The van der Waals surface area contributed by atoms with Gasteiger partial charge in [0.15, 0.2) is 6.10 Å². The van der Waals surface area contributed by atoms with E-state index >= 15 is 0 Å². The number of unbranched alkanes of at least 4 members (excludes halogenated alkanes) is 29. The van der Waals surface area contributed by atoms with Crippen molar-refractivity contribution in [3.63, 3.8) is 0 Å². The average Bonchev–Trinajstić information content (AvgIpc) is 3.38. The molecule has 0 heterocycles. The predicted octanol–water partition coefficient (Wildman–Crippen LogP) is 19.1. The van der Waals surface area contributed by atoms with Crippen molar-refractivity contribution >= 4 is 19.8 Å². The number of phosphoric ester groups is 1. The predicted molar refractivity (Wildman–Crippen MR) is 312 cm³/mol. The summed E-state index contributed by atoms with van der Waals surface area (Å²) >= 11 is 0. The van der Waals surface area contributed by atoms with Crippen LogP contribution in [0.5, 0.6) is 0 Å². The molecule has 0 saturated heterocycles. The van der Waals surface area contributed by atoms with Crippen LogP contribution >= 0.6 is 7.82 Å². The van der Waals surface area contributed by atoms with Gasteiger partial charge in [-0.05, 0) is 89.9 Å². The third kappa shape index (κ3) is 58.3. The Morgan fingerprint density at radius 1 is 0.425 bits per heavy atom. The normalized spacial score (nSPS) is 13.6. The van der Waals surface area contributed by atoms with E-state index in [9.17, 15) is 19.0 Å². The van der Waals surface area contributed by atoms with Crippen LogP contribution in [0.3, 0.4) is 0 Å². The summed E-state index contributed by atoms with van der Waals surface area (Å²) in [6.07, 6.45) is 76.7. The topological polar surface area (TPSA) is 134 Å². The second-order valence-electron chi connectivity index (χ2n) is 19.8. The third-order valence-electron chi connectivity index (χ3n) is 12.8. The monoisotopic (exact) mass is 1040 g/mol. The first-order valence-electron chi connectivity index (χ1n) is 30.1. The minimum Gasteiger partial charge on any atom is -0.462 e. The molecule has 0 aromatic carbocycles. The molecule has 0 aliphatic heterocycles. The maximum atomic E-state index is 12.7. The van der Waals surface area contributed by atoms with Crippen molar-refractivity contribution in [1.29, 1.82) is 0 Å². The highest BCUT2D eigenvalue weighted by Gasteiger charge is 2.26. The van der Waals surface area contributed by atoms with E-state index in [0.717, 1.165) is 96.3 Å². The fourth-order valence-electron chi connectivity index (χ4n) is 8.34. The maximum absolute atomic E-state index is 12.7. The molecule has 10 heteroatoms. The van der Waals surface area contributed by atoms with Crippen LogP contribution in [0.25, 0.3) is 0 Å². The first kappa shape index (κ1) is 70.2. The van der Waals surface area contributed by atoms with Crippen LogP contribution in [0.1, 0.15) is 271 Å². The van der Waals surface area contributed by atoms with E-state index in [2.05, 4.69) is 98.9 Å². The fourth-order valence-corrected chi connectivity index (χ4v) is 9.11. The molecule has 0 aliphatic rings. The third-order valence-corrected chi connectivity index (χ3v) is 13.7. The molecule has 0 rings (SSSR count). The quantitative estimate of drug-likeness (QED) is 0.0264. The minimum absolute atomic E-state index is 0.0516. The minimum atomic E-state index is -4.39. The van der Waals surface area contributed by atoms with Crippen molar-refractivity contribution in [2.75, 3.05) is 26.4 Å². The summed E-state index contributed by atoms with van der Waals surface area (Å²) in [4.78, 5) is 35.1. The van der Waals surface area contributed by atoms with Gasteiger partial charge in [0.25, 0.3) is 0 Å². The van der Waals surface area contributed by atoms with Crippen LogP contribution in [0.15, 0.2) is 85.1 Å². The van der Waals surface area contributed by atoms with Gasteiger partial charge in [-0.1, -0.05) is 253 Å². The summed E-state index contributed by atoms with van der Waals surface area (Å²) in [7, 11) is -4.39. The van der Waals surface area contributed by atoms with Crippen LogP contribution in [-0.2, 0) is 32.7 Å². The Hall–Kier alpha value is -2.81. The van der Waals surface area contributed by atoms with Gasteiger partial charge >= 0.3 is 19.8 Å². The number of nitrogens with two attached hydrogens (primary N) is 1. The summed E-state index contributed by atoms with van der Waals surface area (Å²) in [6, 6.07) is 0. The largest absolute Gasteiger partial charge is 0.472 e. The first-order valence-corrected chi connectivity index (χ1v) is 31.6. The lowest BCUT2D eigenvalue weighted by molar-refractivity contribution is -0.161. The van der Waals surface area contributed by atoms with Crippen molar-refractivity contribution in [3.8, 4) is 0 Å². The molecule has 0 radical (unpaired) electrons. The molecule has 73 heavy (non-hydrogen) atoms. The molecule has 0 aliphatic carbocycles. The Morgan fingerprint density at radius 3 is 1.14 bits per heavy atom. The van der Waals surface area contributed by atoms with Gasteiger partial charge in [-0.15, -0.1) is 0 Å². The molecule has 9 nitrogen and oxygen atoms in total. The molecule has 0 spiro atoms. The van der Waals surface area contributed by atoms with Crippen LogP contribution in [-0.4, -0.2) is 49.3 Å². The Bertz CT molecular complexity index is 1470. The second-order valence-corrected chi connectivity index (χ2v) is 21.3. The van der Waals surface area contributed by atoms with Gasteiger partial charge in [0.2, 0.25) is 0 Å². The molecular weight excluding hydrogens is 930 g/mol. The number of hydrogen-bond donors (Lipinski definition) is 2. The lowest BCUT2D eigenvalue weighted by atomic mass is 10.0. The molecule has 3 N–H and O–H groups in total. The SMILES string of the molecule is CC/C=C\C/C=C\C/C=C\C/C=C\C/C=C\C/C=C\CCCCCCCCCCCCCCCCCCCCCCC(=O)OC(COC(=O)CCCCCCC/C=C\CCCCCC)COP(=O)(O)OCCN. The lowest BCUT2D eigenvalue weighted by Crippen LogP contribution is -2.29. The lowest BCUT2D eigenvalue weighted by Gasteiger charge is -2.19. The van der Waals surface area contributed by atoms with Gasteiger partial charge in [-0.3, -0.25) is 18.6 Å². The van der Waals surface area contributed by atoms with Crippen molar-refractivity contribution in [2.24, 2.45) is 5.73 Å². The van der Waals surface area contributed by atoms with Crippen molar-refractivity contribution in [2.45, 2.75) is 277 Å². The van der Waals surface area contributed by atoms with Crippen molar-refractivity contribution < 1.29 is 37.6 Å². The van der Waals surface area contributed by atoms with E-state index in [1.165, 1.54) is 141 Å². The summed E-state index contributed by atoms with van der Waals surface area (Å²) in [5.41, 5.74) is 5.37. The first-order chi connectivity index (χ1) is 35.8. The van der Waals surface area contributed by atoms with Gasteiger partial charge in [-0.2, -0.15) is 0 Å². The maximum Gasteiger partial charge on any atom is 0.472 e. The molecule has 0 fully saturated rings. The number of ether oxygens (including phenoxy) is 2. The smallest absolute Gasteiger partial charge is 0.462 e. The van der Waals surface area contributed by atoms with Crippen molar-refractivity contribution in [3.05, 3.63) is 85.1 Å². The molecule has 0 bridgehead atoms. The Kier molecular flexibility index (Phi) is 56.2. The van der Waals surface area contributed by atoms with Crippen LogP contribution in [0.4, 0.5) is 0 Å². The zero-order valence-electron chi connectivity index (χ0n) is 47.1. The highest BCUT2D eigenvalue weighted by molar-refractivity contribution is 7.47. The second kappa shape index (κ2) is 58.5. The Balaban J connectivity index is 3.81. The molecule has 0 amide bonds. The summed E-state index contributed by atoms with van der Waals surface area (Å²) < 4.78 is 33.0. The molecule has 0 aromatic rings. The number of carbonyl (C=O) groups excluding carboxylic acids is 2. The van der Waals surface area contributed by atoms with Crippen LogP contribution < -0.4 is 5.73 Å². The molecule has 0 aromatic heterocycles. The molecule has 2 atom stereocenters. The number of rotatable bonds is 56. The summed E-state index contributed by atoms with van der Waals surface area (Å²) in [6.45, 7) is 3.62. The zero-order chi connectivity index (χ0) is 53.1. The fraction of sp³-hybridized carbons (Fsp3) is 0.746. The Labute approximate surface area is 449 Å². The van der Waals surface area contributed by atoms with E-state index < -0.39 is 26.5 Å². The average molecular weight is 1040 g/mol. The van der Waals surface area contributed by atoms with Gasteiger partial charge in [0, 0.05) is 19.4 Å². The van der Waals surface area contributed by atoms with E-state index in [0.29, 0.717) is 6.42 Å². The van der Waals surface area contributed by atoms with Crippen LogP contribution in [0.2, 0.25) is 0 Å². The number of hydrogen-bond acceptors (Lipinski definition) is 8. The number of esters is 2. The molecule has 0 saturated carbocycles. The van der Waals surface area contributed by atoms with Gasteiger partial charge in [-0.25, -0.2) is 4.57 Å².